The number of nitrogens with zero attached hydrogens (tertiary/aromatic N) is 1. The molecule has 1 aromatic heterocycles. The number of carbonyl (C=O) groups is 1. The Morgan fingerprint density at radius 1 is 1.45 bits per heavy atom. The Kier molecular flexibility index (Phi) is 4.24. The number of aromatic nitrogens is 1. The van der Waals surface area contributed by atoms with E-state index in [-0.39, 0.29) is 5.56 Å². The van der Waals surface area contributed by atoms with Crippen molar-refractivity contribution in [2.75, 3.05) is 17.6 Å². The molecule has 0 aliphatic carbocycles. The molecule has 0 atom stereocenters. The van der Waals surface area contributed by atoms with Gasteiger partial charge in [0.25, 0.3) is 0 Å². The van der Waals surface area contributed by atoms with Crippen molar-refractivity contribution in [2.24, 2.45) is 0 Å². The zero-order chi connectivity index (χ0) is 14.7. The van der Waals surface area contributed by atoms with Crippen LogP contribution in [0.4, 0.5) is 11.4 Å². The molecule has 5 nitrogen and oxygen atoms in total. The summed E-state index contributed by atoms with van der Waals surface area (Å²) in [6, 6.07) is 3.42. The Labute approximate surface area is 121 Å². The van der Waals surface area contributed by atoms with Gasteiger partial charge in [-0.05, 0) is 31.5 Å². The van der Waals surface area contributed by atoms with Crippen molar-refractivity contribution in [3.05, 3.63) is 39.3 Å². The highest BCUT2D eigenvalue weighted by Gasteiger charge is 2.11. The Morgan fingerprint density at radius 3 is 2.80 bits per heavy atom. The van der Waals surface area contributed by atoms with Crippen LogP contribution in [0.2, 0.25) is 0 Å². The van der Waals surface area contributed by atoms with E-state index in [1.54, 1.807) is 24.3 Å². The molecule has 20 heavy (non-hydrogen) atoms. The molecule has 2 aromatic rings. The van der Waals surface area contributed by atoms with Crippen molar-refractivity contribution < 1.29 is 9.90 Å². The van der Waals surface area contributed by atoms with Crippen molar-refractivity contribution in [1.29, 1.82) is 0 Å². The highest BCUT2D eigenvalue weighted by Crippen LogP contribution is 2.23. The van der Waals surface area contributed by atoms with E-state index in [4.69, 9.17) is 10.8 Å². The van der Waals surface area contributed by atoms with E-state index in [0.717, 1.165) is 28.4 Å². The topological polar surface area (TPSA) is 88.2 Å². The Morgan fingerprint density at radius 2 is 2.20 bits per heavy atom. The molecule has 0 spiro atoms. The van der Waals surface area contributed by atoms with E-state index in [0.29, 0.717) is 12.2 Å². The molecule has 1 aromatic carbocycles. The number of rotatable bonds is 5. The van der Waals surface area contributed by atoms with E-state index in [1.165, 1.54) is 0 Å². The number of nitrogen functional groups attached to an aromatic ring is 1. The summed E-state index contributed by atoms with van der Waals surface area (Å²) in [6.45, 7) is 4.47. The second-order valence-corrected chi connectivity index (χ2v) is 5.56. The predicted octanol–water partition coefficient (Wildman–Crippen LogP) is 2.69. The summed E-state index contributed by atoms with van der Waals surface area (Å²) < 4.78 is 0. The van der Waals surface area contributed by atoms with Gasteiger partial charge in [-0.25, -0.2) is 9.78 Å². The third-order valence-electron chi connectivity index (χ3n) is 2.95. The van der Waals surface area contributed by atoms with E-state index >= 15 is 0 Å². The first-order valence-electron chi connectivity index (χ1n) is 6.25. The fraction of sp³-hybridized carbons (Fsp3) is 0.286. The lowest BCUT2D eigenvalue weighted by Gasteiger charge is -2.10. The smallest absolute Gasteiger partial charge is 0.337 e. The molecule has 2 rings (SSSR count). The number of nitrogens with one attached hydrogen (secondary N) is 1. The van der Waals surface area contributed by atoms with Gasteiger partial charge >= 0.3 is 5.97 Å². The van der Waals surface area contributed by atoms with E-state index < -0.39 is 5.97 Å². The van der Waals surface area contributed by atoms with Crippen molar-refractivity contribution in [2.45, 2.75) is 20.3 Å². The van der Waals surface area contributed by atoms with E-state index in [2.05, 4.69) is 10.3 Å². The first kappa shape index (κ1) is 14.3. The molecule has 0 saturated carbocycles. The van der Waals surface area contributed by atoms with Crippen LogP contribution in [-0.2, 0) is 6.42 Å². The molecule has 0 saturated heterocycles. The summed E-state index contributed by atoms with van der Waals surface area (Å²) in [4.78, 5) is 15.5. The third kappa shape index (κ3) is 3.27. The van der Waals surface area contributed by atoms with Crippen molar-refractivity contribution in [3.8, 4) is 0 Å². The van der Waals surface area contributed by atoms with Crippen LogP contribution in [0.15, 0.2) is 17.5 Å². The van der Waals surface area contributed by atoms with Gasteiger partial charge in [-0.1, -0.05) is 0 Å². The fourth-order valence-electron chi connectivity index (χ4n) is 1.91. The molecule has 0 bridgehead atoms. The fourth-order valence-corrected chi connectivity index (χ4v) is 2.68. The Hall–Kier alpha value is -2.08. The molecule has 0 fully saturated rings. The van der Waals surface area contributed by atoms with Gasteiger partial charge < -0.3 is 16.2 Å². The lowest BCUT2D eigenvalue weighted by atomic mass is 10.1. The number of carboxylic acids is 1. The molecule has 4 N–H and O–H groups in total. The van der Waals surface area contributed by atoms with Crippen LogP contribution in [-0.4, -0.2) is 22.6 Å². The minimum Gasteiger partial charge on any atom is -0.478 e. The first-order valence-corrected chi connectivity index (χ1v) is 7.13. The van der Waals surface area contributed by atoms with Crippen molar-refractivity contribution >= 4 is 28.7 Å². The number of aryl methyl sites for hydroxylation is 2. The average Bonchev–Trinajstić information content (AvgIpc) is 2.79. The number of nitrogens with two attached hydrogens (primary N) is 1. The Balaban J connectivity index is 2.04. The van der Waals surface area contributed by atoms with E-state index in [9.17, 15) is 4.79 Å². The second kappa shape index (κ2) is 5.92. The number of hydrogen-bond donors (Lipinski definition) is 3. The number of anilines is 2. The number of benzene rings is 1. The van der Waals surface area contributed by atoms with Crippen LogP contribution < -0.4 is 11.1 Å². The molecular formula is C14H17N3O2S. The van der Waals surface area contributed by atoms with Gasteiger partial charge in [0, 0.05) is 35.4 Å². The molecule has 106 valence electrons. The number of aromatic carboxylic acids is 1. The van der Waals surface area contributed by atoms with Crippen LogP contribution >= 0.6 is 11.3 Å². The summed E-state index contributed by atoms with van der Waals surface area (Å²) >= 11 is 1.63. The van der Waals surface area contributed by atoms with Crippen LogP contribution in [0, 0.1) is 13.8 Å². The molecule has 1 heterocycles. The maximum Gasteiger partial charge on any atom is 0.337 e. The van der Waals surface area contributed by atoms with Gasteiger partial charge in [0.1, 0.15) is 0 Å². The summed E-state index contributed by atoms with van der Waals surface area (Å²) in [5.74, 6) is -1.01. The third-order valence-corrected chi connectivity index (χ3v) is 3.98. The summed E-state index contributed by atoms with van der Waals surface area (Å²) in [6.07, 6.45) is 0.810. The number of carboxylic acid groups (broad SMARTS) is 1. The number of hydrogen-bond acceptors (Lipinski definition) is 5. The zero-order valence-corrected chi connectivity index (χ0v) is 12.3. The molecule has 0 unspecified atom stereocenters. The zero-order valence-electron chi connectivity index (χ0n) is 11.4. The first-order chi connectivity index (χ1) is 9.47. The highest BCUT2D eigenvalue weighted by atomic mass is 32.1. The lowest BCUT2D eigenvalue weighted by molar-refractivity contribution is 0.0698. The Bertz CT molecular complexity index is 637. The maximum absolute atomic E-state index is 11.1. The summed E-state index contributed by atoms with van der Waals surface area (Å²) in [5, 5.41) is 15.4. The minimum atomic E-state index is -1.01. The lowest BCUT2D eigenvalue weighted by Crippen LogP contribution is -2.09. The van der Waals surface area contributed by atoms with Gasteiger partial charge in [-0.2, -0.15) is 0 Å². The van der Waals surface area contributed by atoms with Gasteiger partial charge in [0.05, 0.1) is 10.6 Å². The van der Waals surface area contributed by atoms with Gasteiger partial charge in [0.15, 0.2) is 0 Å². The molecule has 0 radical (unpaired) electrons. The summed E-state index contributed by atoms with van der Waals surface area (Å²) in [5.41, 5.74) is 8.77. The minimum absolute atomic E-state index is 0.137. The average molecular weight is 291 g/mol. The van der Waals surface area contributed by atoms with Crippen LogP contribution in [0.3, 0.4) is 0 Å². The molecule has 0 aliphatic rings. The predicted molar refractivity (Wildman–Crippen MR) is 81.6 cm³/mol. The maximum atomic E-state index is 11.1. The SMILES string of the molecule is Cc1csc(CCNc2cc(C)c(N)c(C(=O)O)c2)n1. The second-order valence-electron chi connectivity index (χ2n) is 4.62. The quantitative estimate of drug-likeness (QED) is 0.737. The van der Waals surface area contributed by atoms with E-state index in [1.807, 2.05) is 18.4 Å². The van der Waals surface area contributed by atoms with Crippen LogP contribution in [0.25, 0.3) is 0 Å². The van der Waals surface area contributed by atoms with Gasteiger partial charge in [-0.15, -0.1) is 11.3 Å². The highest BCUT2D eigenvalue weighted by molar-refractivity contribution is 7.09. The molecule has 0 aliphatic heterocycles. The van der Waals surface area contributed by atoms with Crippen LogP contribution in [0.5, 0.6) is 0 Å². The van der Waals surface area contributed by atoms with Crippen LogP contribution in [0.1, 0.15) is 26.6 Å². The normalized spacial score (nSPS) is 10.5. The van der Waals surface area contributed by atoms with Gasteiger partial charge in [0.2, 0.25) is 0 Å². The summed E-state index contributed by atoms with van der Waals surface area (Å²) in [7, 11) is 0. The monoisotopic (exact) mass is 291 g/mol. The molecular weight excluding hydrogens is 274 g/mol. The number of thiazole rings is 1. The van der Waals surface area contributed by atoms with Crippen molar-refractivity contribution in [3.63, 3.8) is 0 Å². The largest absolute Gasteiger partial charge is 0.478 e. The molecule has 6 heteroatoms. The van der Waals surface area contributed by atoms with Gasteiger partial charge in [-0.3, -0.25) is 0 Å². The standard InChI is InChI=1S/C14H17N3O2S/c1-8-5-10(6-11(13(8)15)14(18)19)16-4-3-12-17-9(2)7-20-12/h5-7,16H,3-4,15H2,1-2H3,(H,18,19). The molecule has 0 amide bonds. The van der Waals surface area contributed by atoms with Crippen molar-refractivity contribution in [1.82, 2.24) is 4.98 Å².